The molecule has 2 unspecified atom stereocenters. The molecule has 1 heterocycles. The fourth-order valence-corrected chi connectivity index (χ4v) is 1.78. The Bertz CT molecular complexity index is 318. The Morgan fingerprint density at radius 3 is 2.75 bits per heavy atom. The van der Waals surface area contributed by atoms with Crippen molar-refractivity contribution < 1.29 is 5.11 Å². The van der Waals surface area contributed by atoms with Gasteiger partial charge in [-0.05, 0) is 18.9 Å². The zero-order valence-corrected chi connectivity index (χ0v) is 10.5. The molecule has 3 N–H and O–H groups in total. The van der Waals surface area contributed by atoms with Crippen LogP contribution in [0.25, 0.3) is 0 Å². The number of hydrogen-bond acceptors (Lipinski definition) is 3. The first-order valence-corrected chi connectivity index (χ1v) is 5.99. The van der Waals surface area contributed by atoms with Crippen molar-refractivity contribution in [3.63, 3.8) is 0 Å². The molecular formula is C12H23N3O. The van der Waals surface area contributed by atoms with Crippen LogP contribution < -0.4 is 5.73 Å². The molecule has 0 bridgehead atoms. The summed E-state index contributed by atoms with van der Waals surface area (Å²) in [6.45, 7) is 7.48. The smallest absolute Gasteiger partial charge is 0.102 e. The van der Waals surface area contributed by atoms with Crippen molar-refractivity contribution in [2.45, 2.75) is 46.3 Å². The topological polar surface area (TPSA) is 64.1 Å². The van der Waals surface area contributed by atoms with Gasteiger partial charge in [0.05, 0.1) is 5.69 Å². The number of rotatable bonds is 6. The van der Waals surface area contributed by atoms with Gasteiger partial charge >= 0.3 is 0 Å². The molecule has 0 aliphatic heterocycles. The summed E-state index contributed by atoms with van der Waals surface area (Å²) in [7, 11) is 0. The molecule has 0 amide bonds. The van der Waals surface area contributed by atoms with Gasteiger partial charge in [0.1, 0.15) is 6.10 Å². The molecule has 4 heteroatoms. The Morgan fingerprint density at radius 2 is 2.25 bits per heavy atom. The SMILES string of the molecule is CCCn1nccc1C(O)C(C)(CC)CN. The molecule has 0 fully saturated rings. The van der Waals surface area contributed by atoms with E-state index in [2.05, 4.69) is 18.9 Å². The van der Waals surface area contributed by atoms with E-state index < -0.39 is 6.10 Å². The Morgan fingerprint density at radius 1 is 1.56 bits per heavy atom. The summed E-state index contributed by atoms with van der Waals surface area (Å²) in [5.74, 6) is 0. The summed E-state index contributed by atoms with van der Waals surface area (Å²) in [5.41, 5.74) is 6.36. The van der Waals surface area contributed by atoms with Crippen LogP contribution in [0.4, 0.5) is 0 Å². The van der Waals surface area contributed by atoms with E-state index in [0.717, 1.165) is 25.1 Å². The molecular weight excluding hydrogens is 202 g/mol. The van der Waals surface area contributed by atoms with Crippen molar-refractivity contribution in [2.75, 3.05) is 6.54 Å². The Balaban J connectivity index is 2.94. The molecule has 1 aromatic rings. The molecule has 0 aromatic carbocycles. The molecule has 4 nitrogen and oxygen atoms in total. The van der Waals surface area contributed by atoms with Crippen LogP contribution in [0.3, 0.4) is 0 Å². The van der Waals surface area contributed by atoms with Gasteiger partial charge in [-0.2, -0.15) is 5.10 Å². The van der Waals surface area contributed by atoms with Crippen LogP contribution in [-0.4, -0.2) is 21.4 Å². The number of aliphatic hydroxyl groups is 1. The molecule has 1 aromatic heterocycles. The third-order valence-corrected chi connectivity index (χ3v) is 3.40. The first-order valence-electron chi connectivity index (χ1n) is 5.99. The molecule has 2 atom stereocenters. The van der Waals surface area contributed by atoms with Gasteiger partial charge < -0.3 is 10.8 Å². The van der Waals surface area contributed by atoms with Crippen molar-refractivity contribution >= 4 is 0 Å². The van der Waals surface area contributed by atoms with Crippen LogP contribution in [0.2, 0.25) is 0 Å². The largest absolute Gasteiger partial charge is 0.386 e. The minimum Gasteiger partial charge on any atom is -0.386 e. The molecule has 0 aliphatic carbocycles. The van der Waals surface area contributed by atoms with Crippen molar-refractivity contribution in [3.8, 4) is 0 Å². The molecule has 0 aliphatic rings. The van der Waals surface area contributed by atoms with E-state index in [1.54, 1.807) is 6.20 Å². The second-order valence-corrected chi connectivity index (χ2v) is 4.59. The Labute approximate surface area is 97.5 Å². The average molecular weight is 225 g/mol. The maximum atomic E-state index is 10.4. The van der Waals surface area contributed by atoms with Crippen LogP contribution in [0.5, 0.6) is 0 Å². The highest BCUT2D eigenvalue weighted by Crippen LogP contribution is 2.35. The number of aromatic nitrogens is 2. The maximum Gasteiger partial charge on any atom is 0.102 e. The second-order valence-electron chi connectivity index (χ2n) is 4.59. The van der Waals surface area contributed by atoms with Crippen LogP contribution in [0.15, 0.2) is 12.3 Å². The standard InChI is InChI=1S/C12H23N3O/c1-4-8-15-10(6-7-14-15)11(16)12(3,5-2)9-13/h6-7,11,16H,4-5,8-9,13H2,1-3H3. The first-order chi connectivity index (χ1) is 7.59. The van der Waals surface area contributed by atoms with E-state index in [1.165, 1.54) is 0 Å². The summed E-state index contributed by atoms with van der Waals surface area (Å²) < 4.78 is 1.87. The number of aliphatic hydroxyl groups excluding tert-OH is 1. The van der Waals surface area contributed by atoms with Gasteiger partial charge in [-0.3, -0.25) is 4.68 Å². The van der Waals surface area contributed by atoms with Gasteiger partial charge in [-0.15, -0.1) is 0 Å². The van der Waals surface area contributed by atoms with E-state index in [-0.39, 0.29) is 5.41 Å². The highest BCUT2D eigenvalue weighted by atomic mass is 16.3. The van der Waals surface area contributed by atoms with Crippen LogP contribution >= 0.6 is 0 Å². The monoisotopic (exact) mass is 225 g/mol. The lowest BCUT2D eigenvalue weighted by atomic mass is 9.80. The highest BCUT2D eigenvalue weighted by Gasteiger charge is 2.32. The van der Waals surface area contributed by atoms with Crippen molar-refractivity contribution in [1.29, 1.82) is 0 Å². The summed E-state index contributed by atoms with van der Waals surface area (Å²) in [6.07, 6.45) is 3.05. The minimum absolute atomic E-state index is 0.272. The van der Waals surface area contributed by atoms with E-state index in [0.29, 0.717) is 6.54 Å². The van der Waals surface area contributed by atoms with E-state index >= 15 is 0 Å². The predicted molar refractivity (Wildman–Crippen MR) is 64.9 cm³/mol. The number of nitrogens with two attached hydrogens (primary N) is 1. The Kier molecular flexibility index (Phi) is 4.50. The highest BCUT2D eigenvalue weighted by molar-refractivity contribution is 5.09. The van der Waals surface area contributed by atoms with Gasteiger partial charge in [0, 0.05) is 24.7 Å². The first kappa shape index (κ1) is 13.2. The van der Waals surface area contributed by atoms with E-state index in [9.17, 15) is 5.11 Å². The number of aryl methyl sites for hydroxylation is 1. The fourth-order valence-electron chi connectivity index (χ4n) is 1.78. The normalized spacial score (nSPS) is 17.1. The van der Waals surface area contributed by atoms with Gasteiger partial charge in [-0.25, -0.2) is 0 Å². The van der Waals surface area contributed by atoms with Crippen LogP contribution in [0, 0.1) is 5.41 Å². The number of hydrogen-bond donors (Lipinski definition) is 2. The lowest BCUT2D eigenvalue weighted by Gasteiger charge is -2.32. The molecule has 0 spiro atoms. The molecule has 0 saturated carbocycles. The quantitative estimate of drug-likeness (QED) is 0.774. The van der Waals surface area contributed by atoms with Crippen molar-refractivity contribution in [3.05, 3.63) is 18.0 Å². The summed E-state index contributed by atoms with van der Waals surface area (Å²) in [5, 5.41) is 14.6. The molecule has 0 radical (unpaired) electrons. The lowest BCUT2D eigenvalue weighted by Crippen LogP contribution is -2.34. The molecule has 92 valence electrons. The third kappa shape index (κ3) is 2.44. The van der Waals surface area contributed by atoms with E-state index in [4.69, 9.17) is 5.73 Å². The van der Waals surface area contributed by atoms with Crippen LogP contribution in [-0.2, 0) is 6.54 Å². The minimum atomic E-state index is -0.545. The molecule has 16 heavy (non-hydrogen) atoms. The fraction of sp³-hybridized carbons (Fsp3) is 0.750. The lowest BCUT2D eigenvalue weighted by molar-refractivity contribution is 0.0319. The zero-order chi connectivity index (χ0) is 12.2. The van der Waals surface area contributed by atoms with Gasteiger partial charge in [0.15, 0.2) is 0 Å². The number of nitrogens with zero attached hydrogens (tertiary/aromatic N) is 2. The predicted octanol–water partition coefficient (Wildman–Crippen LogP) is 1.70. The molecule has 0 saturated heterocycles. The summed E-state index contributed by atoms with van der Waals surface area (Å²) in [4.78, 5) is 0. The third-order valence-electron chi connectivity index (χ3n) is 3.40. The van der Waals surface area contributed by atoms with E-state index in [1.807, 2.05) is 17.7 Å². The zero-order valence-electron chi connectivity index (χ0n) is 10.5. The Hall–Kier alpha value is -0.870. The van der Waals surface area contributed by atoms with Crippen LogP contribution in [0.1, 0.15) is 45.4 Å². The molecule has 1 rings (SSSR count). The average Bonchev–Trinajstić information content (AvgIpc) is 2.75. The van der Waals surface area contributed by atoms with Crippen molar-refractivity contribution in [2.24, 2.45) is 11.1 Å². The summed E-state index contributed by atoms with van der Waals surface area (Å²) in [6, 6.07) is 1.88. The van der Waals surface area contributed by atoms with Gasteiger partial charge in [0.25, 0.3) is 0 Å². The van der Waals surface area contributed by atoms with Gasteiger partial charge in [0.2, 0.25) is 0 Å². The maximum absolute atomic E-state index is 10.4. The van der Waals surface area contributed by atoms with Crippen molar-refractivity contribution in [1.82, 2.24) is 9.78 Å². The summed E-state index contributed by atoms with van der Waals surface area (Å²) >= 11 is 0. The van der Waals surface area contributed by atoms with Gasteiger partial charge in [-0.1, -0.05) is 20.8 Å². The second kappa shape index (κ2) is 5.46.